The van der Waals surface area contributed by atoms with E-state index in [1.54, 1.807) is 4.90 Å². The van der Waals surface area contributed by atoms with Crippen LogP contribution in [0, 0.1) is 0 Å². The summed E-state index contributed by atoms with van der Waals surface area (Å²) >= 11 is 0. The number of aliphatic carboxylic acids is 3. The van der Waals surface area contributed by atoms with Crippen LogP contribution in [0.25, 0.3) is 0 Å². The first-order valence-electron chi connectivity index (χ1n) is 9.00. The van der Waals surface area contributed by atoms with E-state index in [0.717, 1.165) is 12.8 Å². The van der Waals surface area contributed by atoms with Crippen LogP contribution < -0.4 is 24.0 Å². The molecule has 0 saturated carbocycles. The molecule has 0 saturated heterocycles. The van der Waals surface area contributed by atoms with E-state index in [1.165, 1.54) is 0 Å². The zero-order valence-corrected chi connectivity index (χ0v) is 16.4. The number of unbranched alkanes of at least 4 members (excludes halogenated alkanes) is 1. The maximum absolute atomic E-state index is 10.8. The summed E-state index contributed by atoms with van der Waals surface area (Å²) in [5, 5.41) is 38.4. The molecule has 3 N–H and O–H groups in total. The summed E-state index contributed by atoms with van der Waals surface area (Å²) < 4.78 is 0. The number of carbonyl (C=O) groups excluding carboxylic acids is 1. The van der Waals surface area contributed by atoms with Gasteiger partial charge in [0.05, 0.1) is 18.9 Å². The Kier molecular flexibility index (Phi) is 17.7. The second kappa shape index (κ2) is 17.0. The van der Waals surface area contributed by atoms with Crippen LogP contribution in [0.1, 0.15) is 45.4 Å². The molecule has 152 valence electrons. The summed E-state index contributed by atoms with van der Waals surface area (Å²) in [4.78, 5) is 35.7. The molecule has 0 fully saturated rings. The van der Waals surface area contributed by atoms with Crippen LogP contribution in [-0.2, 0) is 14.4 Å². The van der Waals surface area contributed by atoms with Gasteiger partial charge in [-0.1, -0.05) is 19.8 Å². The molecule has 9 nitrogen and oxygen atoms in total. The molecule has 0 aromatic carbocycles. The average molecular weight is 382 g/mol. The van der Waals surface area contributed by atoms with Gasteiger partial charge in [0.15, 0.2) is 0 Å². The summed E-state index contributed by atoms with van der Waals surface area (Å²) in [6.07, 6.45) is 1.54. The quantitative estimate of drug-likeness (QED) is 0.216. The summed E-state index contributed by atoms with van der Waals surface area (Å²) in [5.74, 6) is -3.11. The van der Waals surface area contributed by atoms with Gasteiger partial charge in [0.2, 0.25) is 0 Å². The molecule has 0 aliphatic heterocycles. The SMILES string of the molecule is CCCCC(O)CN(CCC(=O)O)CCN(CCC(=O)[O-])CCC(=O)O.[Li+]. The molecular formula is C17H31LiN2O7. The van der Waals surface area contributed by atoms with Gasteiger partial charge in [-0.05, 0) is 12.8 Å². The van der Waals surface area contributed by atoms with Gasteiger partial charge in [-0.15, -0.1) is 0 Å². The number of carboxylic acid groups (broad SMARTS) is 3. The van der Waals surface area contributed by atoms with Crippen molar-refractivity contribution in [3.63, 3.8) is 0 Å². The largest absolute Gasteiger partial charge is 1.00 e. The van der Waals surface area contributed by atoms with Crippen molar-refractivity contribution in [2.24, 2.45) is 0 Å². The Hall–Kier alpha value is -1.11. The first-order chi connectivity index (χ1) is 12.2. The van der Waals surface area contributed by atoms with Crippen molar-refractivity contribution in [1.29, 1.82) is 0 Å². The van der Waals surface area contributed by atoms with Crippen molar-refractivity contribution in [3.05, 3.63) is 0 Å². The van der Waals surface area contributed by atoms with E-state index in [2.05, 4.69) is 0 Å². The summed E-state index contributed by atoms with van der Waals surface area (Å²) in [7, 11) is 0. The number of rotatable bonds is 17. The van der Waals surface area contributed by atoms with Crippen molar-refractivity contribution < 1.29 is 53.7 Å². The predicted molar refractivity (Wildman–Crippen MR) is 92.5 cm³/mol. The van der Waals surface area contributed by atoms with Gasteiger partial charge in [0.1, 0.15) is 0 Å². The van der Waals surface area contributed by atoms with Crippen molar-refractivity contribution in [3.8, 4) is 0 Å². The molecule has 0 aromatic heterocycles. The van der Waals surface area contributed by atoms with Crippen molar-refractivity contribution >= 4 is 17.9 Å². The van der Waals surface area contributed by atoms with Crippen LogP contribution in [0.15, 0.2) is 0 Å². The Balaban J connectivity index is 0. The van der Waals surface area contributed by atoms with E-state index in [0.29, 0.717) is 26.1 Å². The Morgan fingerprint density at radius 1 is 0.889 bits per heavy atom. The van der Waals surface area contributed by atoms with Crippen molar-refractivity contribution in [2.45, 2.75) is 51.6 Å². The van der Waals surface area contributed by atoms with Crippen molar-refractivity contribution in [2.75, 3.05) is 39.3 Å². The van der Waals surface area contributed by atoms with Gasteiger partial charge >= 0.3 is 30.8 Å². The Labute approximate surface area is 172 Å². The third-order valence-corrected chi connectivity index (χ3v) is 4.01. The first kappa shape index (κ1) is 28.1. The molecule has 10 heteroatoms. The minimum absolute atomic E-state index is 0. The fraction of sp³-hybridized carbons (Fsp3) is 0.824. The van der Waals surface area contributed by atoms with Crippen LogP contribution in [-0.4, -0.2) is 88.4 Å². The van der Waals surface area contributed by atoms with Gasteiger partial charge in [0, 0.05) is 45.2 Å². The molecule has 0 rings (SSSR count). The van der Waals surface area contributed by atoms with Crippen LogP contribution in [0.3, 0.4) is 0 Å². The van der Waals surface area contributed by atoms with E-state index in [-0.39, 0.29) is 57.8 Å². The molecule has 27 heavy (non-hydrogen) atoms. The van der Waals surface area contributed by atoms with Gasteiger partial charge < -0.3 is 30.1 Å². The predicted octanol–water partition coefficient (Wildman–Crippen LogP) is -3.77. The maximum Gasteiger partial charge on any atom is 1.00 e. The Bertz CT molecular complexity index is 420. The molecule has 1 atom stereocenters. The van der Waals surface area contributed by atoms with E-state index in [4.69, 9.17) is 10.2 Å². The van der Waals surface area contributed by atoms with E-state index in [1.807, 2.05) is 11.8 Å². The molecule has 0 heterocycles. The number of carboxylic acids is 3. The summed E-state index contributed by atoms with van der Waals surface area (Å²) in [6, 6.07) is 0. The zero-order valence-electron chi connectivity index (χ0n) is 16.4. The Morgan fingerprint density at radius 2 is 1.37 bits per heavy atom. The Morgan fingerprint density at radius 3 is 1.85 bits per heavy atom. The third-order valence-electron chi connectivity index (χ3n) is 4.01. The topological polar surface area (TPSA) is 141 Å². The van der Waals surface area contributed by atoms with E-state index >= 15 is 0 Å². The van der Waals surface area contributed by atoms with Gasteiger partial charge in [0.25, 0.3) is 0 Å². The minimum Gasteiger partial charge on any atom is -0.550 e. The van der Waals surface area contributed by atoms with Gasteiger partial charge in [-0.2, -0.15) is 0 Å². The van der Waals surface area contributed by atoms with E-state index in [9.17, 15) is 24.6 Å². The fourth-order valence-corrected chi connectivity index (χ4v) is 2.50. The van der Waals surface area contributed by atoms with Crippen LogP contribution in [0.4, 0.5) is 0 Å². The second-order valence-electron chi connectivity index (χ2n) is 6.35. The number of carbonyl (C=O) groups is 3. The molecule has 0 aliphatic carbocycles. The standard InChI is InChI=1S/C17H32N2O7.Li/c1-2-3-4-14(20)13-19(10-7-17(25)26)12-11-18(8-5-15(21)22)9-6-16(23)24;/h14,20H,2-13H2,1H3,(H,21,22)(H,23,24)(H,25,26);/q;+1/p-1. The molecule has 0 amide bonds. The van der Waals surface area contributed by atoms with Crippen molar-refractivity contribution in [1.82, 2.24) is 9.80 Å². The fourth-order valence-electron chi connectivity index (χ4n) is 2.50. The van der Waals surface area contributed by atoms with E-state index < -0.39 is 24.0 Å². The third kappa shape index (κ3) is 18.0. The molecule has 0 radical (unpaired) electrons. The van der Waals surface area contributed by atoms with Crippen LogP contribution in [0.2, 0.25) is 0 Å². The number of hydrogen-bond acceptors (Lipinski definition) is 7. The summed E-state index contributed by atoms with van der Waals surface area (Å²) in [6.45, 7) is 3.80. The number of aliphatic hydroxyl groups is 1. The number of hydrogen-bond donors (Lipinski definition) is 3. The molecule has 0 aromatic rings. The van der Waals surface area contributed by atoms with Gasteiger partial charge in [-0.25, -0.2) is 0 Å². The molecule has 0 spiro atoms. The second-order valence-corrected chi connectivity index (χ2v) is 6.35. The molecule has 0 bridgehead atoms. The minimum atomic E-state index is -1.21. The van der Waals surface area contributed by atoms with Crippen LogP contribution in [0.5, 0.6) is 0 Å². The number of nitrogens with zero attached hydrogens (tertiary/aromatic N) is 2. The normalized spacial score (nSPS) is 12.0. The maximum atomic E-state index is 10.8. The molecule has 1 unspecified atom stereocenters. The molecule has 0 aliphatic rings. The number of aliphatic hydroxyl groups excluding tert-OH is 1. The summed E-state index contributed by atoms with van der Waals surface area (Å²) in [5.41, 5.74) is 0. The monoisotopic (exact) mass is 382 g/mol. The average Bonchev–Trinajstić information content (AvgIpc) is 2.56. The smallest absolute Gasteiger partial charge is 0.550 e. The zero-order chi connectivity index (χ0) is 19.9. The van der Waals surface area contributed by atoms with Crippen LogP contribution >= 0.6 is 0 Å². The molecular weight excluding hydrogens is 351 g/mol. The first-order valence-corrected chi connectivity index (χ1v) is 9.00. The van der Waals surface area contributed by atoms with Gasteiger partial charge in [-0.3, -0.25) is 14.5 Å².